The van der Waals surface area contributed by atoms with Crippen LogP contribution in [-0.2, 0) is 0 Å². The summed E-state index contributed by atoms with van der Waals surface area (Å²) in [6.07, 6.45) is 1.54. The highest BCUT2D eigenvalue weighted by molar-refractivity contribution is 5.83. The Morgan fingerprint density at radius 2 is 1.81 bits per heavy atom. The number of nitrogens with zero attached hydrogens (tertiary/aromatic N) is 2. The van der Waals surface area contributed by atoms with Gasteiger partial charge in [0.25, 0.3) is 0 Å². The number of aromatic nitrogens is 1. The summed E-state index contributed by atoms with van der Waals surface area (Å²) in [6.45, 7) is 10.1. The second-order valence-corrected chi connectivity index (χ2v) is 4.34. The Bertz CT molecular complexity index is 343. The number of rotatable bonds is 3. The molecule has 1 aromatic rings. The first kappa shape index (κ1) is 12.5. The second-order valence-electron chi connectivity index (χ2n) is 4.34. The fraction of sp³-hybridized carbons (Fsp3) is 0.636. The molecule has 16 heavy (non-hydrogen) atoms. The molecule has 0 radical (unpaired) electrons. The lowest BCUT2D eigenvalue weighted by atomic mass is 10.4. The largest absolute Gasteiger partial charge is 0.362 e. The first-order valence-corrected chi connectivity index (χ1v) is 5.51. The van der Waals surface area contributed by atoms with Gasteiger partial charge in [0, 0.05) is 12.1 Å². The van der Waals surface area contributed by atoms with Crippen molar-refractivity contribution in [2.75, 3.05) is 0 Å². The van der Waals surface area contributed by atoms with Crippen molar-refractivity contribution in [3.05, 3.63) is 12.0 Å². The number of guanidine groups is 1. The van der Waals surface area contributed by atoms with Crippen LogP contribution in [0.25, 0.3) is 0 Å². The molecule has 1 aromatic heterocycles. The summed E-state index contributed by atoms with van der Waals surface area (Å²) in [6, 6.07) is 0.648. The molecule has 0 aliphatic heterocycles. The Morgan fingerprint density at radius 1 is 1.25 bits per heavy atom. The minimum atomic E-state index is 0.324. The maximum atomic E-state index is 4.84. The highest BCUT2D eigenvalue weighted by atomic mass is 16.5. The lowest BCUT2D eigenvalue weighted by molar-refractivity contribution is 0.415. The number of aliphatic imine (C=N–C) groups is 1. The molecule has 0 saturated heterocycles. The molecule has 0 aliphatic carbocycles. The molecule has 0 aromatic carbocycles. The molecule has 1 rings (SSSR count). The van der Waals surface area contributed by atoms with Gasteiger partial charge < -0.3 is 15.2 Å². The van der Waals surface area contributed by atoms with Crippen molar-refractivity contribution >= 4 is 11.6 Å². The summed E-state index contributed by atoms with van der Waals surface area (Å²) < 4.78 is 4.84. The van der Waals surface area contributed by atoms with Crippen molar-refractivity contribution in [3.63, 3.8) is 0 Å². The molecule has 0 amide bonds. The third-order valence-electron chi connectivity index (χ3n) is 1.81. The third kappa shape index (κ3) is 3.92. The smallest absolute Gasteiger partial charge is 0.197 e. The number of hydrogen-bond acceptors (Lipinski definition) is 3. The van der Waals surface area contributed by atoms with Gasteiger partial charge >= 0.3 is 0 Å². The van der Waals surface area contributed by atoms with Crippen LogP contribution in [0.5, 0.6) is 0 Å². The van der Waals surface area contributed by atoms with Crippen molar-refractivity contribution in [1.29, 1.82) is 0 Å². The number of aryl methyl sites for hydroxylation is 1. The van der Waals surface area contributed by atoms with Gasteiger partial charge in [-0.3, -0.25) is 0 Å². The van der Waals surface area contributed by atoms with Crippen LogP contribution in [0.15, 0.2) is 15.8 Å². The van der Waals surface area contributed by atoms with Crippen molar-refractivity contribution in [2.24, 2.45) is 4.99 Å². The fourth-order valence-corrected chi connectivity index (χ4v) is 1.17. The predicted octanol–water partition coefficient (Wildman–Crippen LogP) is 1.97. The maximum absolute atomic E-state index is 4.84. The zero-order valence-corrected chi connectivity index (χ0v) is 10.5. The van der Waals surface area contributed by atoms with Crippen LogP contribution in [0.4, 0.5) is 5.69 Å². The normalized spacial score (nSPS) is 10.7. The Balaban J connectivity index is 2.83. The molecular weight excluding hydrogens is 204 g/mol. The van der Waals surface area contributed by atoms with Crippen LogP contribution in [0.3, 0.4) is 0 Å². The average molecular weight is 224 g/mol. The molecule has 90 valence electrons. The van der Waals surface area contributed by atoms with Gasteiger partial charge in [-0.2, -0.15) is 0 Å². The van der Waals surface area contributed by atoms with Gasteiger partial charge in [-0.25, -0.2) is 4.99 Å². The van der Waals surface area contributed by atoms with Crippen molar-refractivity contribution < 1.29 is 4.52 Å². The molecule has 2 N–H and O–H groups in total. The standard InChI is InChI=1S/C11H20N4O/c1-7(2)12-11(13-8(3)4)14-10-6-16-15-9(10)5/h6-8H,1-5H3,(H2,12,13,14). The molecule has 5 nitrogen and oxygen atoms in total. The summed E-state index contributed by atoms with van der Waals surface area (Å²) in [5.41, 5.74) is 1.53. The fourth-order valence-electron chi connectivity index (χ4n) is 1.17. The van der Waals surface area contributed by atoms with Gasteiger partial charge in [-0.05, 0) is 34.6 Å². The van der Waals surface area contributed by atoms with E-state index in [0.717, 1.165) is 17.3 Å². The molecule has 5 heteroatoms. The molecule has 0 atom stereocenters. The second kappa shape index (κ2) is 5.53. The number of nitrogens with one attached hydrogen (secondary N) is 2. The summed E-state index contributed by atoms with van der Waals surface area (Å²) in [5.74, 6) is 0.747. The van der Waals surface area contributed by atoms with Crippen molar-refractivity contribution in [1.82, 2.24) is 15.8 Å². The first-order valence-electron chi connectivity index (χ1n) is 5.51. The van der Waals surface area contributed by atoms with E-state index in [1.54, 1.807) is 6.26 Å². The van der Waals surface area contributed by atoms with E-state index in [-0.39, 0.29) is 0 Å². The van der Waals surface area contributed by atoms with Crippen LogP contribution < -0.4 is 10.6 Å². The van der Waals surface area contributed by atoms with E-state index in [1.165, 1.54) is 0 Å². The van der Waals surface area contributed by atoms with Gasteiger partial charge in [0.2, 0.25) is 0 Å². The molecule has 0 bridgehead atoms. The molecule has 0 spiro atoms. The minimum absolute atomic E-state index is 0.324. The van der Waals surface area contributed by atoms with Crippen LogP contribution in [0.1, 0.15) is 33.4 Å². The van der Waals surface area contributed by atoms with Gasteiger partial charge in [-0.15, -0.1) is 0 Å². The summed E-state index contributed by atoms with van der Waals surface area (Å²) in [5, 5.41) is 10.3. The zero-order chi connectivity index (χ0) is 12.1. The van der Waals surface area contributed by atoms with Crippen LogP contribution in [0.2, 0.25) is 0 Å². The first-order chi connectivity index (χ1) is 7.49. The maximum Gasteiger partial charge on any atom is 0.197 e. The monoisotopic (exact) mass is 224 g/mol. The van der Waals surface area contributed by atoms with E-state index < -0.39 is 0 Å². The van der Waals surface area contributed by atoms with E-state index in [9.17, 15) is 0 Å². The molecule has 0 saturated carbocycles. The highest BCUT2D eigenvalue weighted by Crippen LogP contribution is 2.15. The Labute approximate surface area is 96.3 Å². The van der Waals surface area contributed by atoms with E-state index in [2.05, 4.69) is 48.5 Å². The van der Waals surface area contributed by atoms with Crippen LogP contribution in [0, 0.1) is 6.92 Å². The van der Waals surface area contributed by atoms with E-state index >= 15 is 0 Å². The molecule has 1 heterocycles. The van der Waals surface area contributed by atoms with Crippen molar-refractivity contribution in [3.8, 4) is 0 Å². The quantitative estimate of drug-likeness (QED) is 0.608. The Kier molecular flexibility index (Phi) is 4.34. The predicted molar refractivity (Wildman–Crippen MR) is 64.9 cm³/mol. The van der Waals surface area contributed by atoms with Crippen molar-refractivity contribution in [2.45, 2.75) is 46.7 Å². The molecule has 0 unspecified atom stereocenters. The van der Waals surface area contributed by atoms with Gasteiger partial charge in [0.1, 0.15) is 17.6 Å². The molecule has 0 fully saturated rings. The Hall–Kier alpha value is -1.52. The van der Waals surface area contributed by atoms with E-state index in [0.29, 0.717) is 12.1 Å². The summed E-state index contributed by atoms with van der Waals surface area (Å²) in [4.78, 5) is 4.44. The molecular formula is C11H20N4O. The number of hydrogen-bond donors (Lipinski definition) is 2. The lowest BCUT2D eigenvalue weighted by Crippen LogP contribution is -2.43. The minimum Gasteiger partial charge on any atom is -0.362 e. The van der Waals surface area contributed by atoms with E-state index in [1.807, 2.05) is 6.92 Å². The SMILES string of the molecule is Cc1nocc1N=C(NC(C)C)NC(C)C. The third-order valence-corrected chi connectivity index (χ3v) is 1.81. The van der Waals surface area contributed by atoms with Crippen LogP contribution in [-0.4, -0.2) is 23.2 Å². The van der Waals surface area contributed by atoms with Gasteiger partial charge in [-0.1, -0.05) is 5.16 Å². The summed E-state index contributed by atoms with van der Waals surface area (Å²) >= 11 is 0. The lowest BCUT2D eigenvalue weighted by Gasteiger charge is -2.16. The zero-order valence-electron chi connectivity index (χ0n) is 10.5. The average Bonchev–Trinajstić information content (AvgIpc) is 2.49. The van der Waals surface area contributed by atoms with Gasteiger partial charge in [0.05, 0.1) is 0 Å². The topological polar surface area (TPSA) is 62.5 Å². The Morgan fingerprint density at radius 3 is 2.19 bits per heavy atom. The summed E-state index contributed by atoms with van der Waals surface area (Å²) in [7, 11) is 0. The van der Waals surface area contributed by atoms with Gasteiger partial charge in [0.15, 0.2) is 5.96 Å². The van der Waals surface area contributed by atoms with E-state index in [4.69, 9.17) is 4.52 Å². The highest BCUT2D eigenvalue weighted by Gasteiger charge is 2.06. The van der Waals surface area contributed by atoms with Crippen LogP contribution >= 0.6 is 0 Å². The molecule has 0 aliphatic rings.